The van der Waals surface area contributed by atoms with Crippen molar-refractivity contribution in [3.63, 3.8) is 0 Å². The summed E-state index contributed by atoms with van der Waals surface area (Å²) in [5.41, 5.74) is 2.25. The first kappa shape index (κ1) is 14.0. The summed E-state index contributed by atoms with van der Waals surface area (Å²) in [4.78, 5) is 0. The van der Waals surface area contributed by atoms with Gasteiger partial charge < -0.3 is 15.2 Å². The van der Waals surface area contributed by atoms with Gasteiger partial charge in [0.1, 0.15) is 11.6 Å². The predicted molar refractivity (Wildman–Crippen MR) is 79.6 cm³/mol. The molecule has 4 heteroatoms. The van der Waals surface area contributed by atoms with E-state index in [1.54, 1.807) is 18.2 Å². The lowest BCUT2D eigenvalue weighted by Crippen LogP contribution is -2.16. The Labute approximate surface area is 123 Å². The molecule has 1 aliphatic rings. The van der Waals surface area contributed by atoms with Crippen LogP contribution < -0.4 is 5.32 Å². The first-order chi connectivity index (χ1) is 10.2. The fourth-order valence-electron chi connectivity index (χ4n) is 2.62. The highest BCUT2D eigenvalue weighted by atomic mass is 19.1. The number of phenols is 1. The molecule has 0 amide bonds. The van der Waals surface area contributed by atoms with Crippen molar-refractivity contribution in [1.82, 2.24) is 5.32 Å². The minimum Gasteiger partial charge on any atom is -0.507 e. The Bertz CT molecular complexity index is 624. The molecular weight excluding hydrogens is 269 g/mol. The van der Waals surface area contributed by atoms with Crippen LogP contribution in [0, 0.1) is 5.82 Å². The van der Waals surface area contributed by atoms with Crippen LogP contribution in [0.4, 0.5) is 4.39 Å². The van der Waals surface area contributed by atoms with Gasteiger partial charge in [0.05, 0.1) is 12.7 Å². The fraction of sp³-hybridized carbons (Fsp3) is 0.294. The smallest absolute Gasteiger partial charge is 0.123 e. The standard InChI is InChI=1S/C17H18FNO2/c18-13-5-6-15(16-3-1-2-4-17(16)20)12(9-13)11-21-14-7-8-19-10-14/h1-6,9,14,19-20H,7-8,10-11H2. The first-order valence-electron chi connectivity index (χ1n) is 7.13. The summed E-state index contributed by atoms with van der Waals surface area (Å²) < 4.78 is 19.4. The van der Waals surface area contributed by atoms with Gasteiger partial charge in [-0.15, -0.1) is 0 Å². The van der Waals surface area contributed by atoms with Gasteiger partial charge in [0.15, 0.2) is 0 Å². The van der Waals surface area contributed by atoms with Crippen LogP contribution in [0.25, 0.3) is 11.1 Å². The predicted octanol–water partition coefficient (Wildman–Crippen LogP) is 3.08. The number of ether oxygens (including phenoxy) is 1. The third kappa shape index (κ3) is 3.23. The molecule has 2 N–H and O–H groups in total. The summed E-state index contributed by atoms with van der Waals surface area (Å²) in [5.74, 6) is -0.106. The minimum atomic E-state index is -0.294. The summed E-state index contributed by atoms with van der Waals surface area (Å²) in [6.45, 7) is 2.13. The van der Waals surface area contributed by atoms with E-state index in [-0.39, 0.29) is 17.7 Å². The number of aromatic hydroxyl groups is 1. The topological polar surface area (TPSA) is 41.5 Å². The number of phenolic OH excluding ortho intramolecular Hbond substituents is 1. The molecule has 0 aromatic heterocycles. The minimum absolute atomic E-state index is 0.172. The van der Waals surface area contributed by atoms with Crippen molar-refractivity contribution in [2.24, 2.45) is 0 Å². The van der Waals surface area contributed by atoms with E-state index in [0.29, 0.717) is 12.2 Å². The number of hydrogen-bond donors (Lipinski definition) is 2. The molecule has 0 saturated carbocycles. The Hall–Kier alpha value is -1.91. The highest BCUT2D eigenvalue weighted by molar-refractivity contribution is 5.72. The van der Waals surface area contributed by atoms with Crippen molar-refractivity contribution >= 4 is 0 Å². The highest BCUT2D eigenvalue weighted by Crippen LogP contribution is 2.32. The molecule has 21 heavy (non-hydrogen) atoms. The summed E-state index contributed by atoms with van der Waals surface area (Å²) in [6.07, 6.45) is 1.15. The summed E-state index contributed by atoms with van der Waals surface area (Å²) in [5, 5.41) is 13.2. The van der Waals surface area contributed by atoms with Crippen LogP contribution in [-0.4, -0.2) is 24.3 Å². The van der Waals surface area contributed by atoms with Crippen LogP contribution in [0.5, 0.6) is 5.75 Å². The van der Waals surface area contributed by atoms with E-state index >= 15 is 0 Å². The monoisotopic (exact) mass is 287 g/mol. The quantitative estimate of drug-likeness (QED) is 0.908. The van der Waals surface area contributed by atoms with E-state index in [0.717, 1.165) is 30.6 Å². The van der Waals surface area contributed by atoms with Gasteiger partial charge in [-0.1, -0.05) is 24.3 Å². The average molecular weight is 287 g/mol. The van der Waals surface area contributed by atoms with Gasteiger partial charge in [-0.2, -0.15) is 0 Å². The maximum absolute atomic E-state index is 13.5. The van der Waals surface area contributed by atoms with Crippen LogP contribution >= 0.6 is 0 Å². The molecule has 1 atom stereocenters. The molecule has 110 valence electrons. The molecule has 3 rings (SSSR count). The van der Waals surface area contributed by atoms with E-state index in [2.05, 4.69) is 5.32 Å². The second-order valence-corrected chi connectivity index (χ2v) is 5.24. The number of halogens is 1. The van der Waals surface area contributed by atoms with Gasteiger partial charge in [0.25, 0.3) is 0 Å². The second kappa shape index (κ2) is 6.24. The van der Waals surface area contributed by atoms with E-state index < -0.39 is 0 Å². The zero-order valence-electron chi connectivity index (χ0n) is 11.7. The van der Waals surface area contributed by atoms with Crippen molar-refractivity contribution in [3.8, 4) is 16.9 Å². The Morgan fingerprint density at radius 2 is 2.05 bits per heavy atom. The molecule has 1 saturated heterocycles. The average Bonchev–Trinajstić information content (AvgIpc) is 3.00. The molecule has 0 aliphatic carbocycles. The summed E-state index contributed by atoms with van der Waals surface area (Å²) in [6, 6.07) is 11.6. The Morgan fingerprint density at radius 3 is 2.81 bits per heavy atom. The Morgan fingerprint density at radius 1 is 1.19 bits per heavy atom. The number of hydrogen-bond acceptors (Lipinski definition) is 3. The van der Waals surface area contributed by atoms with Gasteiger partial charge in [0.2, 0.25) is 0 Å². The van der Waals surface area contributed by atoms with E-state index in [4.69, 9.17) is 4.74 Å². The first-order valence-corrected chi connectivity index (χ1v) is 7.13. The highest BCUT2D eigenvalue weighted by Gasteiger charge is 2.16. The molecule has 0 radical (unpaired) electrons. The Balaban J connectivity index is 1.87. The van der Waals surface area contributed by atoms with Gasteiger partial charge in [0, 0.05) is 12.1 Å². The van der Waals surface area contributed by atoms with Gasteiger partial charge in [-0.05, 0) is 42.3 Å². The third-order valence-corrected chi connectivity index (χ3v) is 3.75. The molecule has 3 nitrogen and oxygen atoms in total. The molecule has 2 aromatic rings. The lowest BCUT2D eigenvalue weighted by molar-refractivity contribution is 0.0543. The van der Waals surface area contributed by atoms with Gasteiger partial charge in [-0.25, -0.2) is 4.39 Å². The Kier molecular flexibility index (Phi) is 4.18. The third-order valence-electron chi connectivity index (χ3n) is 3.75. The molecular formula is C17H18FNO2. The van der Waals surface area contributed by atoms with E-state index in [9.17, 15) is 9.50 Å². The normalized spacial score (nSPS) is 18.0. The van der Waals surface area contributed by atoms with Crippen LogP contribution in [0.3, 0.4) is 0 Å². The summed E-state index contributed by atoms with van der Waals surface area (Å²) in [7, 11) is 0. The molecule has 1 aliphatic heterocycles. The van der Waals surface area contributed by atoms with Crippen molar-refractivity contribution < 1.29 is 14.2 Å². The van der Waals surface area contributed by atoms with Crippen LogP contribution in [-0.2, 0) is 11.3 Å². The molecule has 0 spiro atoms. The van der Waals surface area contributed by atoms with Crippen LogP contribution in [0.2, 0.25) is 0 Å². The van der Waals surface area contributed by atoms with Crippen molar-refractivity contribution in [3.05, 3.63) is 53.8 Å². The van der Waals surface area contributed by atoms with Gasteiger partial charge in [-0.3, -0.25) is 0 Å². The fourth-order valence-corrected chi connectivity index (χ4v) is 2.62. The molecule has 1 fully saturated rings. The lowest BCUT2D eigenvalue weighted by atomic mass is 9.99. The van der Waals surface area contributed by atoms with Crippen molar-refractivity contribution in [2.75, 3.05) is 13.1 Å². The van der Waals surface area contributed by atoms with Crippen LogP contribution in [0.1, 0.15) is 12.0 Å². The lowest BCUT2D eigenvalue weighted by Gasteiger charge is -2.15. The van der Waals surface area contributed by atoms with E-state index in [1.165, 1.54) is 12.1 Å². The van der Waals surface area contributed by atoms with Gasteiger partial charge >= 0.3 is 0 Å². The van der Waals surface area contributed by atoms with E-state index in [1.807, 2.05) is 12.1 Å². The molecule has 1 heterocycles. The number of benzene rings is 2. The number of nitrogens with one attached hydrogen (secondary N) is 1. The maximum atomic E-state index is 13.5. The van der Waals surface area contributed by atoms with Crippen molar-refractivity contribution in [2.45, 2.75) is 19.1 Å². The largest absolute Gasteiger partial charge is 0.507 e. The second-order valence-electron chi connectivity index (χ2n) is 5.24. The van der Waals surface area contributed by atoms with Crippen molar-refractivity contribution in [1.29, 1.82) is 0 Å². The summed E-state index contributed by atoms with van der Waals surface area (Å²) >= 11 is 0. The molecule has 2 aromatic carbocycles. The maximum Gasteiger partial charge on any atom is 0.123 e. The van der Waals surface area contributed by atoms with Crippen LogP contribution in [0.15, 0.2) is 42.5 Å². The molecule has 0 bridgehead atoms. The zero-order valence-corrected chi connectivity index (χ0v) is 11.7. The SMILES string of the molecule is Oc1ccccc1-c1ccc(F)cc1COC1CCNC1. The molecule has 1 unspecified atom stereocenters. The number of para-hydroxylation sites is 1. The number of rotatable bonds is 4. The zero-order chi connectivity index (χ0) is 14.7.